The maximum atomic E-state index is 12.7. The smallest absolute Gasteiger partial charge is 0.416 e. The molecule has 26 heavy (non-hydrogen) atoms. The van der Waals surface area contributed by atoms with E-state index in [1.807, 2.05) is 32.9 Å². The first-order valence-corrected chi connectivity index (χ1v) is 8.44. The number of hydrogen-bond acceptors (Lipinski definition) is 2. The van der Waals surface area contributed by atoms with E-state index in [-0.39, 0.29) is 16.8 Å². The second-order valence-electron chi connectivity index (χ2n) is 5.94. The van der Waals surface area contributed by atoms with Crippen molar-refractivity contribution >= 4 is 17.9 Å². The summed E-state index contributed by atoms with van der Waals surface area (Å²) in [6.45, 7) is 5.79. The van der Waals surface area contributed by atoms with Gasteiger partial charge in [0, 0.05) is 0 Å². The van der Waals surface area contributed by atoms with Crippen molar-refractivity contribution in [1.82, 2.24) is 0 Å². The number of halogens is 4. The normalized spacial score (nSPS) is 13.2. The Bertz CT molecular complexity index is 819. The van der Waals surface area contributed by atoms with E-state index in [4.69, 9.17) is 22.1 Å². The summed E-state index contributed by atoms with van der Waals surface area (Å²) >= 11 is 5.96. The highest BCUT2D eigenvalue weighted by molar-refractivity contribution is 6.32. The molecule has 0 aliphatic rings. The summed E-state index contributed by atoms with van der Waals surface area (Å²) in [6, 6.07) is 6.75. The van der Waals surface area contributed by atoms with E-state index in [1.165, 1.54) is 12.4 Å². The van der Waals surface area contributed by atoms with Crippen LogP contribution in [0.2, 0.25) is 5.02 Å². The molecule has 0 radical (unpaired) electrons. The van der Waals surface area contributed by atoms with Crippen molar-refractivity contribution in [3.05, 3.63) is 57.6 Å². The molecule has 3 nitrogen and oxygen atoms in total. The average Bonchev–Trinajstić information content (AvgIpc) is 2.56. The maximum absolute atomic E-state index is 12.7. The van der Waals surface area contributed by atoms with E-state index in [0.717, 1.165) is 35.2 Å². The van der Waals surface area contributed by atoms with Gasteiger partial charge >= 0.3 is 6.18 Å². The number of alkyl halides is 3. The number of benzene rings is 2. The molecule has 0 spiro atoms. The van der Waals surface area contributed by atoms with Crippen molar-refractivity contribution in [3.63, 3.8) is 0 Å². The molecule has 0 heterocycles. The van der Waals surface area contributed by atoms with Gasteiger partial charge in [-0.25, -0.2) is 0 Å². The lowest BCUT2D eigenvalue weighted by atomic mass is 9.97. The molecule has 0 aliphatic carbocycles. The van der Waals surface area contributed by atoms with Gasteiger partial charge in [-0.15, -0.1) is 0 Å². The van der Waals surface area contributed by atoms with Gasteiger partial charge in [-0.2, -0.15) is 13.2 Å². The average molecular weight is 385 g/mol. The van der Waals surface area contributed by atoms with Gasteiger partial charge in [0.05, 0.1) is 23.0 Å². The minimum Gasteiger partial charge on any atom is -0.456 e. The fourth-order valence-electron chi connectivity index (χ4n) is 2.67. The van der Waals surface area contributed by atoms with Gasteiger partial charge in [0.1, 0.15) is 11.5 Å². The first kappa shape index (κ1) is 20.1. The van der Waals surface area contributed by atoms with E-state index in [9.17, 15) is 13.2 Å². The number of nitrogens with two attached hydrogens (primary N) is 1. The standard InChI is InChI=1S/C19H20ClF3N2O/c1-4-16(25-10-24)14-7-12(3)18(8-11(14)2)26-17-6-5-13(9-15(17)20)19(21,22)23/h5-10,16H,4H2,1-3H3,(H2,24,25). The van der Waals surface area contributed by atoms with Crippen molar-refractivity contribution in [3.8, 4) is 11.5 Å². The SMILES string of the molecule is CCC(N=CN)c1cc(C)c(Oc2ccc(C(F)(F)F)cc2Cl)cc1C. The Balaban J connectivity index is 2.35. The third-order valence-electron chi connectivity index (χ3n) is 4.05. The molecule has 140 valence electrons. The highest BCUT2D eigenvalue weighted by atomic mass is 35.5. The van der Waals surface area contributed by atoms with Gasteiger partial charge in [-0.3, -0.25) is 4.99 Å². The van der Waals surface area contributed by atoms with Crippen LogP contribution in [0, 0.1) is 13.8 Å². The summed E-state index contributed by atoms with van der Waals surface area (Å²) in [5, 5.41) is -0.0971. The van der Waals surface area contributed by atoms with Gasteiger partial charge in [0.15, 0.2) is 0 Å². The van der Waals surface area contributed by atoms with Crippen LogP contribution in [-0.4, -0.2) is 6.34 Å². The molecule has 2 rings (SSSR count). The third-order valence-corrected chi connectivity index (χ3v) is 4.35. The van der Waals surface area contributed by atoms with Crippen LogP contribution in [0.15, 0.2) is 35.3 Å². The molecule has 7 heteroatoms. The van der Waals surface area contributed by atoms with E-state index in [2.05, 4.69) is 4.99 Å². The number of aliphatic imine (C=N–C) groups is 1. The monoisotopic (exact) mass is 384 g/mol. The summed E-state index contributed by atoms with van der Waals surface area (Å²) in [5.74, 6) is 0.696. The molecule has 2 aromatic rings. The summed E-state index contributed by atoms with van der Waals surface area (Å²) in [4.78, 5) is 4.26. The number of rotatable bonds is 5. The Morgan fingerprint density at radius 3 is 2.38 bits per heavy atom. The fraction of sp³-hybridized carbons (Fsp3) is 0.316. The van der Waals surface area contributed by atoms with E-state index < -0.39 is 11.7 Å². The van der Waals surface area contributed by atoms with E-state index >= 15 is 0 Å². The molecule has 2 aromatic carbocycles. The van der Waals surface area contributed by atoms with Gasteiger partial charge in [-0.1, -0.05) is 18.5 Å². The molecule has 2 N–H and O–H groups in total. The van der Waals surface area contributed by atoms with Crippen LogP contribution in [0.25, 0.3) is 0 Å². The molecule has 0 aromatic heterocycles. The number of hydrogen-bond donors (Lipinski definition) is 1. The van der Waals surface area contributed by atoms with E-state index in [0.29, 0.717) is 5.75 Å². The van der Waals surface area contributed by atoms with Crippen molar-refractivity contribution in [2.75, 3.05) is 0 Å². The van der Waals surface area contributed by atoms with Gasteiger partial charge in [0.2, 0.25) is 0 Å². The molecular formula is C19H20ClF3N2O. The van der Waals surface area contributed by atoms with Crippen LogP contribution >= 0.6 is 11.6 Å². The highest BCUT2D eigenvalue weighted by Gasteiger charge is 2.31. The number of aryl methyl sites for hydroxylation is 2. The zero-order chi connectivity index (χ0) is 19.5. The van der Waals surface area contributed by atoms with Gasteiger partial charge in [0.25, 0.3) is 0 Å². The highest BCUT2D eigenvalue weighted by Crippen LogP contribution is 2.38. The molecule has 0 saturated heterocycles. The summed E-state index contributed by atoms with van der Waals surface area (Å²) < 4.78 is 44.0. The fourth-order valence-corrected chi connectivity index (χ4v) is 2.89. The van der Waals surface area contributed by atoms with Crippen molar-refractivity contribution in [1.29, 1.82) is 0 Å². The van der Waals surface area contributed by atoms with Crippen LogP contribution in [0.1, 0.15) is 41.6 Å². The Kier molecular flexibility index (Phi) is 6.18. The molecule has 0 fully saturated rings. The van der Waals surface area contributed by atoms with Crippen LogP contribution in [0.5, 0.6) is 11.5 Å². The molecule has 1 unspecified atom stereocenters. The van der Waals surface area contributed by atoms with Gasteiger partial charge < -0.3 is 10.5 Å². The minimum atomic E-state index is -4.45. The molecule has 0 amide bonds. The second-order valence-corrected chi connectivity index (χ2v) is 6.35. The Labute approximate surface area is 155 Å². The largest absolute Gasteiger partial charge is 0.456 e. The first-order valence-electron chi connectivity index (χ1n) is 8.06. The zero-order valence-electron chi connectivity index (χ0n) is 14.7. The summed E-state index contributed by atoms with van der Waals surface area (Å²) in [7, 11) is 0. The van der Waals surface area contributed by atoms with Crippen molar-refractivity contribution in [2.24, 2.45) is 10.7 Å². The first-order chi connectivity index (χ1) is 12.2. The lowest BCUT2D eigenvalue weighted by Gasteiger charge is -2.18. The zero-order valence-corrected chi connectivity index (χ0v) is 15.4. The molecular weight excluding hydrogens is 365 g/mol. The molecule has 0 aliphatic heterocycles. The lowest BCUT2D eigenvalue weighted by molar-refractivity contribution is -0.137. The minimum absolute atomic E-state index is 0.0533. The number of nitrogens with zero attached hydrogens (tertiary/aromatic N) is 1. The quantitative estimate of drug-likeness (QED) is 0.492. The summed E-state index contributed by atoms with van der Waals surface area (Å²) in [6.07, 6.45) is -2.37. The maximum Gasteiger partial charge on any atom is 0.416 e. The van der Waals surface area contributed by atoms with Crippen LogP contribution in [0.3, 0.4) is 0 Å². The van der Waals surface area contributed by atoms with Crippen molar-refractivity contribution < 1.29 is 17.9 Å². The van der Waals surface area contributed by atoms with E-state index in [1.54, 1.807) is 0 Å². The predicted molar refractivity (Wildman–Crippen MR) is 98.2 cm³/mol. The molecule has 1 atom stereocenters. The predicted octanol–water partition coefficient (Wildman–Crippen LogP) is 6.21. The van der Waals surface area contributed by atoms with Crippen molar-refractivity contribution in [2.45, 2.75) is 39.4 Å². The molecule has 0 bridgehead atoms. The molecule has 0 saturated carbocycles. The van der Waals surface area contributed by atoms with Crippen LogP contribution in [0.4, 0.5) is 13.2 Å². The summed E-state index contributed by atoms with van der Waals surface area (Å²) in [5.41, 5.74) is 7.40. The lowest BCUT2D eigenvalue weighted by Crippen LogP contribution is -2.05. The van der Waals surface area contributed by atoms with Gasteiger partial charge in [-0.05, 0) is 67.3 Å². The second kappa shape index (κ2) is 7.99. The van der Waals surface area contributed by atoms with Crippen LogP contribution < -0.4 is 10.5 Å². The Morgan fingerprint density at radius 2 is 1.85 bits per heavy atom. The van der Waals surface area contributed by atoms with Crippen LogP contribution in [-0.2, 0) is 6.18 Å². The Hall–Kier alpha value is -2.21. The topological polar surface area (TPSA) is 47.6 Å². The third kappa shape index (κ3) is 4.49. The number of ether oxygens (including phenoxy) is 1. The Morgan fingerprint density at radius 1 is 1.15 bits per heavy atom.